The van der Waals surface area contributed by atoms with Gasteiger partial charge in [-0.15, -0.1) is 0 Å². The van der Waals surface area contributed by atoms with Gasteiger partial charge in [0.2, 0.25) is 11.7 Å². The average Bonchev–Trinajstić information content (AvgIpc) is 3.26. The molecule has 2 aromatic rings. The highest BCUT2D eigenvalue weighted by atomic mass is 35.5. The van der Waals surface area contributed by atoms with Gasteiger partial charge in [0.25, 0.3) is 0 Å². The summed E-state index contributed by atoms with van der Waals surface area (Å²) in [5.74, 6) is -0.201. The van der Waals surface area contributed by atoms with Crippen LogP contribution in [0.5, 0.6) is 5.75 Å². The molecule has 142 valence electrons. The van der Waals surface area contributed by atoms with E-state index >= 15 is 0 Å². The highest BCUT2D eigenvalue weighted by molar-refractivity contribution is 6.39. The topological polar surface area (TPSA) is 110 Å². The summed E-state index contributed by atoms with van der Waals surface area (Å²) in [7, 11) is 0. The quantitative estimate of drug-likeness (QED) is 0.530. The minimum Gasteiger partial charge on any atom is -0.489 e. The lowest BCUT2D eigenvalue weighted by Gasteiger charge is -2.22. The third-order valence-electron chi connectivity index (χ3n) is 4.62. The van der Waals surface area contributed by atoms with Crippen LogP contribution in [-0.4, -0.2) is 25.2 Å². The summed E-state index contributed by atoms with van der Waals surface area (Å²) >= 11 is 13.0. The van der Waals surface area contributed by atoms with Crippen LogP contribution in [0.25, 0.3) is 11.1 Å². The fourth-order valence-corrected chi connectivity index (χ4v) is 3.94. The van der Waals surface area contributed by atoms with Crippen LogP contribution in [0, 0.1) is 0 Å². The third-order valence-corrected chi connectivity index (χ3v) is 5.22. The van der Waals surface area contributed by atoms with Gasteiger partial charge in [-0.3, -0.25) is 11.2 Å². The van der Waals surface area contributed by atoms with Crippen LogP contribution in [0.4, 0.5) is 0 Å². The fraction of sp³-hybridized carbons (Fsp3) is 0.278. The van der Waals surface area contributed by atoms with Crippen molar-refractivity contribution in [3.8, 4) is 16.9 Å². The molecule has 0 bridgehead atoms. The summed E-state index contributed by atoms with van der Waals surface area (Å²) in [5.41, 5.74) is 19.6. The number of benzene rings is 2. The Labute approximate surface area is 167 Å². The number of nitrogens with one attached hydrogen (secondary N) is 3. The van der Waals surface area contributed by atoms with Gasteiger partial charge >= 0.3 is 0 Å². The highest BCUT2D eigenvalue weighted by Gasteiger charge is 2.32. The van der Waals surface area contributed by atoms with Crippen molar-refractivity contribution in [2.24, 2.45) is 16.5 Å². The summed E-state index contributed by atoms with van der Waals surface area (Å²) in [6.45, 7) is 1.86. The van der Waals surface area contributed by atoms with Gasteiger partial charge in [0.05, 0.1) is 10.0 Å². The first-order chi connectivity index (χ1) is 12.9. The molecule has 7 N–H and O–H groups in total. The van der Waals surface area contributed by atoms with Gasteiger partial charge in [-0.2, -0.15) is 5.43 Å². The maximum absolute atomic E-state index is 6.52. The van der Waals surface area contributed by atoms with E-state index in [1.807, 2.05) is 24.3 Å². The summed E-state index contributed by atoms with van der Waals surface area (Å²) < 4.78 is 5.95. The Morgan fingerprint density at radius 1 is 1.15 bits per heavy atom. The maximum atomic E-state index is 6.52. The molecule has 2 aromatic carbocycles. The number of nitrogens with zero attached hydrogens (tertiary/aromatic N) is 1. The molecular formula is C18H20Cl2N6O. The second kappa shape index (κ2) is 7.18. The monoisotopic (exact) mass is 406 g/mol. The van der Waals surface area contributed by atoms with E-state index in [0.717, 1.165) is 36.4 Å². The maximum Gasteiger partial charge on any atom is 0.209 e. The zero-order chi connectivity index (χ0) is 19.0. The van der Waals surface area contributed by atoms with Crippen LogP contribution in [0.1, 0.15) is 12.0 Å². The second-order valence-electron chi connectivity index (χ2n) is 6.59. The lowest BCUT2D eigenvalue weighted by molar-refractivity contribution is 0.223. The zero-order valence-electron chi connectivity index (χ0n) is 14.4. The number of rotatable bonds is 4. The molecule has 0 spiro atoms. The van der Waals surface area contributed by atoms with Crippen LogP contribution < -0.4 is 32.4 Å². The molecule has 7 nitrogen and oxygen atoms in total. The predicted molar refractivity (Wildman–Crippen MR) is 108 cm³/mol. The number of nitrogens with two attached hydrogens (primary N) is 2. The first-order valence-corrected chi connectivity index (χ1v) is 9.35. The molecule has 0 aliphatic carbocycles. The van der Waals surface area contributed by atoms with Crippen LogP contribution in [0.15, 0.2) is 41.4 Å². The first-order valence-electron chi connectivity index (χ1n) is 8.59. The Bertz CT molecular complexity index is 859. The van der Waals surface area contributed by atoms with E-state index in [2.05, 4.69) is 21.2 Å². The lowest BCUT2D eigenvalue weighted by atomic mass is 10.0. The molecule has 0 saturated carbocycles. The van der Waals surface area contributed by atoms with Crippen molar-refractivity contribution in [2.75, 3.05) is 13.1 Å². The molecule has 2 aliphatic heterocycles. The van der Waals surface area contributed by atoms with E-state index in [0.29, 0.717) is 15.6 Å². The molecule has 1 fully saturated rings. The Kier molecular flexibility index (Phi) is 4.88. The normalized spacial score (nSPS) is 24.6. The highest BCUT2D eigenvalue weighted by Crippen LogP contribution is 2.38. The summed E-state index contributed by atoms with van der Waals surface area (Å²) in [6.07, 6.45) is 1.22. The fourth-order valence-electron chi connectivity index (χ4n) is 3.23. The van der Waals surface area contributed by atoms with Crippen LogP contribution >= 0.6 is 23.2 Å². The number of hydrogen-bond donors (Lipinski definition) is 5. The van der Waals surface area contributed by atoms with Gasteiger partial charge in [-0.25, -0.2) is 4.99 Å². The van der Waals surface area contributed by atoms with Crippen molar-refractivity contribution in [1.29, 1.82) is 0 Å². The standard InChI is InChI=1S/C18H20Cl2N6O/c19-14-7-11(18(22)24-17(21)25-26-18)8-15(20)16(14)10-1-3-12(4-2-10)27-13-5-6-23-9-13/h1-4,7-8,13,23,26H,5-6,9,22H2,(H3,21,24,25). The van der Waals surface area contributed by atoms with E-state index in [-0.39, 0.29) is 12.1 Å². The first kappa shape index (κ1) is 18.3. The summed E-state index contributed by atoms with van der Waals surface area (Å²) in [4.78, 5) is 4.15. The minimum atomic E-state index is -1.22. The number of hydrogen-bond acceptors (Lipinski definition) is 7. The van der Waals surface area contributed by atoms with Crippen molar-refractivity contribution < 1.29 is 4.74 Å². The molecule has 9 heteroatoms. The number of hydrazine groups is 1. The van der Waals surface area contributed by atoms with E-state index in [1.54, 1.807) is 12.1 Å². The van der Waals surface area contributed by atoms with Crippen LogP contribution in [-0.2, 0) is 5.79 Å². The molecule has 0 radical (unpaired) electrons. The van der Waals surface area contributed by atoms with Crippen molar-refractivity contribution in [3.63, 3.8) is 0 Å². The third kappa shape index (κ3) is 3.69. The Morgan fingerprint density at radius 3 is 2.41 bits per heavy atom. The minimum absolute atomic E-state index is 0.196. The Balaban J connectivity index is 1.60. The summed E-state index contributed by atoms with van der Waals surface area (Å²) in [6, 6.07) is 11.2. The molecule has 4 rings (SSSR count). The van der Waals surface area contributed by atoms with Crippen LogP contribution in [0.2, 0.25) is 10.0 Å². The Hall–Kier alpha value is -2.03. The van der Waals surface area contributed by atoms with E-state index in [1.165, 1.54) is 0 Å². The lowest BCUT2D eigenvalue weighted by Crippen LogP contribution is -2.50. The molecule has 1 saturated heterocycles. The van der Waals surface area contributed by atoms with Gasteiger partial charge in [0, 0.05) is 17.7 Å². The van der Waals surface area contributed by atoms with Crippen LogP contribution in [0.3, 0.4) is 0 Å². The Morgan fingerprint density at radius 2 is 1.85 bits per heavy atom. The molecule has 0 aromatic heterocycles. The number of aliphatic imine (C=N–C) groups is 1. The van der Waals surface area contributed by atoms with Crippen molar-refractivity contribution in [3.05, 3.63) is 52.0 Å². The van der Waals surface area contributed by atoms with Crippen molar-refractivity contribution >= 4 is 29.2 Å². The zero-order valence-corrected chi connectivity index (χ0v) is 15.9. The smallest absolute Gasteiger partial charge is 0.209 e. The van der Waals surface area contributed by atoms with Gasteiger partial charge in [0.1, 0.15) is 11.9 Å². The van der Waals surface area contributed by atoms with Gasteiger partial charge in [-0.05, 0) is 42.8 Å². The van der Waals surface area contributed by atoms with Gasteiger partial charge in [0.15, 0.2) is 0 Å². The molecule has 2 unspecified atom stereocenters. The number of halogens is 2. The summed E-state index contributed by atoms with van der Waals surface area (Å²) in [5, 5.41) is 4.22. The molecule has 2 aliphatic rings. The number of ether oxygens (including phenoxy) is 1. The molecule has 2 heterocycles. The van der Waals surface area contributed by atoms with Crippen molar-refractivity contribution in [2.45, 2.75) is 18.3 Å². The molecule has 27 heavy (non-hydrogen) atoms. The van der Waals surface area contributed by atoms with Gasteiger partial charge < -0.3 is 15.8 Å². The molecule has 0 amide bonds. The predicted octanol–water partition coefficient (Wildman–Crippen LogP) is 1.89. The molecule has 2 atom stereocenters. The number of guanidine groups is 1. The molecular weight excluding hydrogens is 387 g/mol. The average molecular weight is 407 g/mol. The van der Waals surface area contributed by atoms with E-state index in [4.69, 9.17) is 39.4 Å². The van der Waals surface area contributed by atoms with E-state index in [9.17, 15) is 0 Å². The largest absolute Gasteiger partial charge is 0.489 e. The SMILES string of the molecule is NC1=NC(N)(c2cc(Cl)c(-c3ccc(OC4CCNC4)cc3)c(Cl)c2)NN1. The van der Waals surface area contributed by atoms with E-state index < -0.39 is 5.79 Å². The van der Waals surface area contributed by atoms with Crippen molar-refractivity contribution in [1.82, 2.24) is 16.2 Å². The van der Waals surface area contributed by atoms with Gasteiger partial charge in [-0.1, -0.05) is 35.3 Å². The second-order valence-corrected chi connectivity index (χ2v) is 7.40.